The molecule has 8 nitrogen and oxygen atoms in total. The van der Waals surface area contributed by atoms with E-state index in [0.29, 0.717) is 32.3 Å². The fraction of sp³-hybridized carbons (Fsp3) is 0.571. The minimum atomic E-state index is -4.77. The molecule has 178 valence electrons. The number of carbonyl (C=O) groups is 1. The molecule has 2 aromatic heterocycles. The van der Waals surface area contributed by atoms with Gasteiger partial charge in [-0.1, -0.05) is 0 Å². The van der Waals surface area contributed by atoms with Crippen LogP contribution in [0.4, 0.5) is 18.9 Å². The van der Waals surface area contributed by atoms with E-state index in [1.807, 2.05) is 6.92 Å². The van der Waals surface area contributed by atoms with E-state index >= 15 is 0 Å². The number of hydrogen-bond donors (Lipinski definition) is 1. The third-order valence-corrected chi connectivity index (χ3v) is 7.51. The zero-order valence-electron chi connectivity index (χ0n) is 18.1. The fourth-order valence-corrected chi connectivity index (χ4v) is 5.76. The highest BCUT2D eigenvalue weighted by molar-refractivity contribution is 7.90. The van der Waals surface area contributed by atoms with E-state index in [-0.39, 0.29) is 39.9 Å². The van der Waals surface area contributed by atoms with Crippen molar-refractivity contribution in [2.24, 2.45) is 5.41 Å². The van der Waals surface area contributed by atoms with Gasteiger partial charge in [0.05, 0.1) is 17.9 Å². The first-order valence-electron chi connectivity index (χ1n) is 10.6. The third-order valence-electron chi connectivity index (χ3n) is 6.52. The highest BCUT2D eigenvalue weighted by atomic mass is 32.2. The van der Waals surface area contributed by atoms with Crippen molar-refractivity contribution in [2.75, 3.05) is 18.2 Å². The Morgan fingerprint density at radius 3 is 2.58 bits per heavy atom. The number of nitrogens with zero attached hydrogens (tertiary/aromatic N) is 3. The number of sulfone groups is 1. The molecular weight excluding hydrogens is 461 g/mol. The normalized spacial score (nSPS) is 26.8. The first-order chi connectivity index (χ1) is 15.3. The monoisotopic (exact) mass is 484 g/mol. The van der Waals surface area contributed by atoms with Crippen LogP contribution in [-0.2, 0) is 27.3 Å². The van der Waals surface area contributed by atoms with E-state index in [0.717, 1.165) is 12.3 Å². The molecule has 2 aliphatic carbocycles. The summed E-state index contributed by atoms with van der Waals surface area (Å²) in [7, 11) is -3.66. The van der Waals surface area contributed by atoms with Gasteiger partial charge in [0, 0.05) is 36.0 Å². The van der Waals surface area contributed by atoms with Crippen molar-refractivity contribution in [3.63, 3.8) is 0 Å². The standard InChI is InChI=1S/C21H23F3N4O4S/c1-19-8-20(9-19,11-32-19)10-28-17(15(21(22,23)24)16(27-28)12-3-4-12)18(29)26-13-5-6-25-14(7-13)33(2,30)31/h5-7,12H,3-4,8-11H2,1-2H3,(H,25,26,29). The lowest BCUT2D eigenvalue weighted by Crippen LogP contribution is -2.44. The van der Waals surface area contributed by atoms with Crippen LogP contribution in [0, 0.1) is 5.41 Å². The summed E-state index contributed by atoms with van der Waals surface area (Å²) in [5.41, 5.74) is -2.26. The maximum Gasteiger partial charge on any atom is 0.420 e. The minimum absolute atomic E-state index is 0.0304. The topological polar surface area (TPSA) is 103 Å². The van der Waals surface area contributed by atoms with Crippen molar-refractivity contribution >= 4 is 21.4 Å². The predicted octanol–water partition coefficient (Wildman–Crippen LogP) is 3.40. The van der Waals surface area contributed by atoms with Crippen LogP contribution in [0.3, 0.4) is 0 Å². The molecule has 1 amide bonds. The lowest BCUT2D eigenvalue weighted by Gasteiger charge is -2.42. The van der Waals surface area contributed by atoms with Gasteiger partial charge in [0.15, 0.2) is 14.9 Å². The molecule has 2 aromatic rings. The molecule has 1 N–H and O–H groups in total. The van der Waals surface area contributed by atoms with Crippen molar-refractivity contribution in [1.29, 1.82) is 0 Å². The van der Waals surface area contributed by atoms with Gasteiger partial charge in [0.2, 0.25) is 0 Å². The summed E-state index contributed by atoms with van der Waals surface area (Å²) in [6.07, 6.45) is -0.0586. The molecule has 0 unspecified atom stereocenters. The number of anilines is 1. The zero-order valence-corrected chi connectivity index (χ0v) is 18.9. The summed E-state index contributed by atoms with van der Waals surface area (Å²) in [6, 6.07) is 2.44. The number of carbonyl (C=O) groups excluding carboxylic acids is 1. The Morgan fingerprint density at radius 2 is 2.03 bits per heavy atom. The molecule has 0 aromatic carbocycles. The van der Waals surface area contributed by atoms with Gasteiger partial charge >= 0.3 is 6.18 Å². The lowest BCUT2D eigenvalue weighted by molar-refractivity contribution is -0.138. The number of rotatable bonds is 6. The largest absolute Gasteiger partial charge is 0.420 e. The summed E-state index contributed by atoms with van der Waals surface area (Å²) >= 11 is 0. The van der Waals surface area contributed by atoms with Crippen LogP contribution in [0.2, 0.25) is 0 Å². The van der Waals surface area contributed by atoms with Gasteiger partial charge in [-0.3, -0.25) is 9.48 Å². The van der Waals surface area contributed by atoms with Crippen LogP contribution in [0.15, 0.2) is 23.4 Å². The number of nitrogens with one attached hydrogen (secondary N) is 1. The van der Waals surface area contributed by atoms with E-state index in [4.69, 9.17) is 4.74 Å². The Morgan fingerprint density at radius 1 is 1.33 bits per heavy atom. The molecule has 33 heavy (non-hydrogen) atoms. The van der Waals surface area contributed by atoms with Crippen molar-refractivity contribution < 1.29 is 31.1 Å². The highest BCUT2D eigenvalue weighted by Gasteiger charge is 2.60. The van der Waals surface area contributed by atoms with Gasteiger partial charge in [-0.15, -0.1) is 0 Å². The van der Waals surface area contributed by atoms with E-state index < -0.39 is 33.2 Å². The quantitative estimate of drug-likeness (QED) is 0.674. The number of hydrogen-bond acceptors (Lipinski definition) is 6. The Labute approximate surface area is 188 Å². The van der Waals surface area contributed by atoms with E-state index in [1.165, 1.54) is 16.9 Å². The number of fused-ring (bicyclic) bond motifs is 1. The Kier molecular flexibility index (Phi) is 4.75. The molecule has 12 heteroatoms. The molecule has 6 rings (SSSR count). The number of aromatic nitrogens is 3. The summed E-state index contributed by atoms with van der Waals surface area (Å²) in [5.74, 6) is -1.32. The lowest BCUT2D eigenvalue weighted by atomic mass is 9.63. The van der Waals surface area contributed by atoms with Crippen molar-refractivity contribution in [3.05, 3.63) is 35.3 Å². The van der Waals surface area contributed by atoms with Gasteiger partial charge in [0.25, 0.3) is 5.91 Å². The molecule has 0 atom stereocenters. The maximum atomic E-state index is 14.2. The van der Waals surface area contributed by atoms with E-state index in [1.54, 1.807) is 0 Å². The molecule has 2 aliphatic heterocycles. The van der Waals surface area contributed by atoms with Crippen LogP contribution >= 0.6 is 0 Å². The van der Waals surface area contributed by atoms with Crippen molar-refractivity contribution in [1.82, 2.24) is 14.8 Å². The summed E-state index contributed by atoms with van der Waals surface area (Å²) in [4.78, 5) is 16.9. The molecule has 4 heterocycles. The highest BCUT2D eigenvalue weighted by Crippen LogP contribution is 2.58. The molecule has 0 spiro atoms. The summed E-state index contributed by atoms with van der Waals surface area (Å²) < 4.78 is 73.0. The molecule has 2 saturated carbocycles. The SMILES string of the molecule is CC12CC(Cn3nc(C4CC4)c(C(F)(F)F)c3C(=O)Nc3ccnc(S(C)(=O)=O)c3)(CO1)C2. The Balaban J connectivity index is 1.54. The van der Waals surface area contributed by atoms with Crippen LogP contribution < -0.4 is 5.32 Å². The van der Waals surface area contributed by atoms with Crippen LogP contribution in [-0.4, -0.2) is 47.6 Å². The van der Waals surface area contributed by atoms with E-state index in [2.05, 4.69) is 15.4 Å². The minimum Gasteiger partial charge on any atom is -0.375 e. The fourth-order valence-electron chi connectivity index (χ4n) is 5.17. The van der Waals surface area contributed by atoms with Gasteiger partial charge in [-0.05, 0) is 44.7 Å². The molecule has 0 radical (unpaired) electrons. The molecule has 4 fully saturated rings. The van der Waals surface area contributed by atoms with Crippen LogP contribution in [0.1, 0.15) is 60.3 Å². The van der Waals surface area contributed by atoms with Crippen LogP contribution in [0.25, 0.3) is 0 Å². The number of alkyl halides is 3. The number of ether oxygens (including phenoxy) is 1. The average Bonchev–Trinajstić information content (AvgIpc) is 3.27. The molecule has 2 saturated heterocycles. The maximum absolute atomic E-state index is 14.2. The summed E-state index contributed by atoms with van der Waals surface area (Å²) in [6.45, 7) is 2.52. The van der Waals surface area contributed by atoms with Gasteiger partial charge in [-0.2, -0.15) is 18.3 Å². The second kappa shape index (κ2) is 7.02. The smallest absolute Gasteiger partial charge is 0.375 e. The first kappa shape index (κ1) is 22.3. The van der Waals surface area contributed by atoms with Crippen molar-refractivity contribution in [2.45, 2.75) is 61.9 Å². The first-order valence-corrected chi connectivity index (χ1v) is 12.5. The molecular formula is C21H23F3N4O4S. The van der Waals surface area contributed by atoms with E-state index in [9.17, 15) is 26.4 Å². The second-order valence-corrected chi connectivity index (χ2v) is 11.7. The predicted molar refractivity (Wildman–Crippen MR) is 111 cm³/mol. The van der Waals surface area contributed by atoms with Crippen LogP contribution in [0.5, 0.6) is 0 Å². The summed E-state index contributed by atoms with van der Waals surface area (Å²) in [5, 5.41) is 6.41. The number of pyridine rings is 1. The van der Waals surface area contributed by atoms with Crippen molar-refractivity contribution in [3.8, 4) is 0 Å². The Bertz CT molecular complexity index is 1240. The Hall–Kier alpha value is -2.47. The average molecular weight is 485 g/mol. The molecule has 2 bridgehead atoms. The van der Waals surface area contributed by atoms with Gasteiger partial charge < -0.3 is 10.1 Å². The molecule has 4 aliphatic rings. The van der Waals surface area contributed by atoms with Gasteiger partial charge in [0.1, 0.15) is 11.3 Å². The van der Waals surface area contributed by atoms with Gasteiger partial charge in [-0.25, -0.2) is 13.4 Å². The number of amides is 1. The third kappa shape index (κ3) is 4.03. The zero-order chi connectivity index (χ0) is 23.8. The second-order valence-electron chi connectivity index (χ2n) is 9.74. The number of halogens is 3.